The molecule has 3 unspecified atom stereocenters. The van der Waals surface area contributed by atoms with E-state index in [1.54, 1.807) is 11.6 Å². The van der Waals surface area contributed by atoms with Crippen molar-refractivity contribution >= 4 is 5.69 Å². The third-order valence-corrected chi connectivity index (χ3v) is 12.5. The van der Waals surface area contributed by atoms with Crippen molar-refractivity contribution in [3.63, 3.8) is 0 Å². The van der Waals surface area contributed by atoms with Crippen molar-refractivity contribution in [3.8, 4) is 0 Å². The maximum absolute atomic E-state index is 4.30. The molecule has 0 fully saturated rings. The van der Waals surface area contributed by atoms with E-state index in [0.717, 1.165) is 95.4 Å². The number of rotatable bonds is 21. The smallest absolute Gasteiger partial charge is 0.0903 e. The molecule has 0 saturated carbocycles. The number of anilines is 1. The van der Waals surface area contributed by atoms with E-state index < -0.39 is 0 Å². The van der Waals surface area contributed by atoms with Crippen molar-refractivity contribution in [2.45, 2.75) is 139 Å². The van der Waals surface area contributed by atoms with Crippen LogP contribution in [-0.4, -0.2) is 43.2 Å². The molecule has 386 valence electrons. The van der Waals surface area contributed by atoms with E-state index in [-0.39, 0.29) is 5.41 Å². The highest BCUT2D eigenvalue weighted by Crippen LogP contribution is 2.42. The van der Waals surface area contributed by atoms with Crippen LogP contribution in [0.2, 0.25) is 0 Å². The number of hydrogen-bond donors (Lipinski definition) is 0. The topological polar surface area (TPSA) is 9.72 Å². The van der Waals surface area contributed by atoms with Crippen molar-refractivity contribution in [2.24, 2.45) is 17.8 Å². The van der Waals surface area contributed by atoms with Crippen LogP contribution in [0.15, 0.2) is 214 Å². The van der Waals surface area contributed by atoms with Gasteiger partial charge in [0.25, 0.3) is 0 Å². The molecule has 3 heteroatoms. The van der Waals surface area contributed by atoms with Crippen LogP contribution in [0.25, 0.3) is 0 Å². The van der Waals surface area contributed by atoms with Gasteiger partial charge < -0.3 is 14.7 Å². The molecule has 4 rings (SSSR count). The van der Waals surface area contributed by atoms with E-state index in [2.05, 4.69) is 237 Å². The first-order valence-electron chi connectivity index (χ1n) is 26.5. The van der Waals surface area contributed by atoms with E-state index in [4.69, 9.17) is 0 Å². The molecule has 2 aromatic carbocycles. The molecular weight excluding hydrogens is 847 g/mol. The quantitative estimate of drug-likeness (QED) is 0.0701. The molecule has 0 radical (unpaired) electrons. The third-order valence-electron chi connectivity index (χ3n) is 12.5. The molecule has 2 aliphatic rings. The number of allylic oxidation sites excluding steroid dienone is 14. The Balaban J connectivity index is 0. The van der Waals surface area contributed by atoms with Crippen LogP contribution < -0.4 is 4.90 Å². The highest BCUT2D eigenvalue weighted by atomic mass is 15.3. The van der Waals surface area contributed by atoms with Crippen molar-refractivity contribution in [1.29, 1.82) is 0 Å². The van der Waals surface area contributed by atoms with E-state index in [0.29, 0.717) is 17.8 Å². The molecule has 0 bridgehead atoms. The largest absolute Gasteiger partial charge is 0.377 e. The van der Waals surface area contributed by atoms with Crippen LogP contribution in [0.3, 0.4) is 0 Å². The van der Waals surface area contributed by atoms with Gasteiger partial charge in [-0.2, -0.15) is 0 Å². The first-order chi connectivity index (χ1) is 33.8. The Labute approximate surface area is 434 Å². The molecule has 0 spiro atoms. The zero-order valence-electron chi connectivity index (χ0n) is 47.1. The van der Waals surface area contributed by atoms with E-state index in [1.807, 2.05) is 40.7 Å². The Morgan fingerprint density at radius 2 is 1.47 bits per heavy atom. The number of nitrogens with zero attached hydrogens (tertiary/aromatic N) is 3. The number of benzene rings is 2. The summed E-state index contributed by atoms with van der Waals surface area (Å²) in [5.41, 5.74) is 10.2. The monoisotopic (exact) mass is 950 g/mol. The molecule has 3 atom stereocenters. The molecule has 1 aliphatic carbocycles. The fraction of sp³-hybridized carbons (Fsp3) is 0.433. The summed E-state index contributed by atoms with van der Waals surface area (Å²) in [6.45, 7) is 56.8. The van der Waals surface area contributed by atoms with Crippen molar-refractivity contribution in [3.05, 3.63) is 225 Å². The average molecular weight is 951 g/mol. The summed E-state index contributed by atoms with van der Waals surface area (Å²) >= 11 is 0. The second-order valence-electron chi connectivity index (χ2n) is 17.9. The summed E-state index contributed by atoms with van der Waals surface area (Å²) in [5.74, 6) is 1.55. The van der Waals surface area contributed by atoms with Crippen LogP contribution >= 0.6 is 0 Å². The van der Waals surface area contributed by atoms with E-state index >= 15 is 0 Å². The third kappa shape index (κ3) is 25.9. The van der Waals surface area contributed by atoms with Gasteiger partial charge in [-0.15, -0.1) is 32.9 Å². The van der Waals surface area contributed by atoms with Crippen LogP contribution in [0, 0.1) is 17.8 Å². The van der Waals surface area contributed by atoms with Crippen molar-refractivity contribution < 1.29 is 0 Å². The SMILES string of the molecule is C=C.C=C(CC)CC.C=CC.C=CCC(=C)C(=C)N(C)CN(C/C=C\CCC1=CC=CCC1C(C)(C)c1ccc(CC(/C=C\C)=C/N2CC/C=C\CC(C=C)C(C)C2)cc1)c1ccccc1.CC.CC. The van der Waals surface area contributed by atoms with Crippen molar-refractivity contribution in [2.75, 3.05) is 38.3 Å². The minimum atomic E-state index is 0.0158. The Hall–Kier alpha value is -5.54. The van der Waals surface area contributed by atoms with Gasteiger partial charge in [-0.3, -0.25) is 0 Å². The van der Waals surface area contributed by atoms with Gasteiger partial charge in [0.2, 0.25) is 0 Å². The molecule has 0 saturated heterocycles. The summed E-state index contributed by atoms with van der Waals surface area (Å²) in [7, 11) is 2.09. The minimum absolute atomic E-state index is 0.0158. The molecule has 0 amide bonds. The predicted molar refractivity (Wildman–Crippen MR) is 322 cm³/mol. The van der Waals surface area contributed by atoms with E-state index in [9.17, 15) is 0 Å². The van der Waals surface area contributed by atoms with Gasteiger partial charge in [-0.05, 0) is 129 Å². The van der Waals surface area contributed by atoms with Crippen LogP contribution in [0.1, 0.15) is 139 Å². The van der Waals surface area contributed by atoms with Crippen LogP contribution in [0.5, 0.6) is 0 Å². The average Bonchev–Trinajstić information content (AvgIpc) is 3.47. The van der Waals surface area contributed by atoms with Gasteiger partial charge in [0, 0.05) is 44.3 Å². The fourth-order valence-electron chi connectivity index (χ4n) is 8.27. The fourth-order valence-corrected chi connectivity index (χ4v) is 8.27. The molecule has 1 aliphatic heterocycles. The molecule has 0 N–H and O–H groups in total. The van der Waals surface area contributed by atoms with Crippen LogP contribution in [-0.2, 0) is 11.8 Å². The summed E-state index contributed by atoms with van der Waals surface area (Å²) in [6, 6.07) is 20.1. The van der Waals surface area contributed by atoms with Gasteiger partial charge >= 0.3 is 0 Å². The molecule has 70 heavy (non-hydrogen) atoms. The standard InChI is InChI=1S/C52H69N3.C6H12.C3H6.2C2H6.C2H4/c1-10-24-42(4)44(6)53(9)41-55(50-29-18-13-19-30-50)37-23-15-17-27-48-28-20-21-31-51(48)52(7,8)49-34-32-45(33-35-49)38-46(25-11-2)40-54-36-22-14-16-26-47(12-3)43(5)39-54;1-4-6(3)5-2;1-3-2;3*1-2/h10-16,18-21,23,25,28-30,32-35,40,43,47,51H,1,3-4,6,17,22,24,26-27,31,36-39,41H2,2,5,7-9H3;3-5H2,1-2H3;3H,1H2,2H3;2*1-2H3;1-2H2/b16-14-,23-15-,25-11-,46-40+;;;;;. The molecule has 1 heterocycles. The molecule has 0 aromatic heterocycles. The van der Waals surface area contributed by atoms with Gasteiger partial charge in [0.1, 0.15) is 0 Å². The molecule has 3 nitrogen and oxygen atoms in total. The Morgan fingerprint density at radius 3 is 2.03 bits per heavy atom. The first-order valence-corrected chi connectivity index (χ1v) is 26.5. The maximum Gasteiger partial charge on any atom is 0.0903 e. The lowest BCUT2D eigenvalue weighted by molar-refractivity contribution is 0.285. The normalized spacial score (nSPS) is 16.9. The van der Waals surface area contributed by atoms with Gasteiger partial charge in [-0.1, -0.05) is 209 Å². The Bertz CT molecular complexity index is 1920. The highest BCUT2D eigenvalue weighted by molar-refractivity contribution is 5.47. The lowest BCUT2D eigenvalue weighted by Crippen LogP contribution is -2.35. The minimum Gasteiger partial charge on any atom is -0.377 e. The summed E-state index contributed by atoms with van der Waals surface area (Å²) in [4.78, 5) is 7.09. The molecular formula is C67H103N3. The lowest BCUT2D eigenvalue weighted by atomic mass is 9.66. The second-order valence-corrected chi connectivity index (χ2v) is 17.9. The first kappa shape index (κ1) is 66.5. The second kappa shape index (κ2) is 41.3. The summed E-state index contributed by atoms with van der Waals surface area (Å²) in [6.07, 6.45) is 38.3. The zero-order chi connectivity index (χ0) is 53.3. The van der Waals surface area contributed by atoms with Gasteiger partial charge in [0.05, 0.1) is 6.67 Å². The highest BCUT2D eigenvalue weighted by Gasteiger charge is 2.33. The van der Waals surface area contributed by atoms with E-state index in [1.165, 1.54) is 28.0 Å². The molecule has 2 aromatic rings. The number of hydrogen-bond acceptors (Lipinski definition) is 3. The zero-order valence-corrected chi connectivity index (χ0v) is 47.1. The number of para-hydroxylation sites is 1. The predicted octanol–water partition coefficient (Wildman–Crippen LogP) is 19.3. The number of likely N-dealkylation sites (N-methyl/N-ethyl adjacent to an activating group) is 1. The van der Waals surface area contributed by atoms with Gasteiger partial charge in [-0.25, -0.2) is 0 Å². The van der Waals surface area contributed by atoms with Gasteiger partial charge in [0.15, 0.2) is 0 Å². The van der Waals surface area contributed by atoms with Crippen molar-refractivity contribution in [1.82, 2.24) is 9.80 Å². The Kier molecular flexibility index (Phi) is 39.2. The summed E-state index contributed by atoms with van der Waals surface area (Å²) in [5, 5.41) is 0. The maximum atomic E-state index is 4.30. The van der Waals surface area contributed by atoms with Crippen LogP contribution in [0.4, 0.5) is 5.69 Å². The lowest BCUT2D eigenvalue weighted by Gasteiger charge is -2.38. The Morgan fingerprint density at radius 1 is 0.843 bits per heavy atom. The summed E-state index contributed by atoms with van der Waals surface area (Å²) < 4.78 is 0.